The summed E-state index contributed by atoms with van der Waals surface area (Å²) in [7, 11) is 0. The molecule has 0 unspecified atom stereocenters. The summed E-state index contributed by atoms with van der Waals surface area (Å²) in [6, 6.07) is 4.48. The van der Waals surface area contributed by atoms with Gasteiger partial charge in [-0.05, 0) is 60.1 Å². The molecule has 0 aliphatic heterocycles. The summed E-state index contributed by atoms with van der Waals surface area (Å²) in [6.07, 6.45) is 3.73. The molecule has 2 rings (SSSR count). The molecule has 1 aromatic carbocycles. The summed E-state index contributed by atoms with van der Waals surface area (Å²) < 4.78 is 21.5. The van der Waals surface area contributed by atoms with Gasteiger partial charge in [-0.1, -0.05) is 30.5 Å². The molecule has 0 aliphatic rings. The van der Waals surface area contributed by atoms with Crippen LogP contribution in [-0.4, -0.2) is 29.7 Å². The van der Waals surface area contributed by atoms with Gasteiger partial charge in [0.2, 0.25) is 5.82 Å². The predicted molar refractivity (Wildman–Crippen MR) is 107 cm³/mol. The molecule has 6 nitrogen and oxygen atoms in total. The number of allylic oxidation sites excluding steroid dienone is 1. The van der Waals surface area contributed by atoms with Gasteiger partial charge in [-0.25, -0.2) is 9.02 Å². The van der Waals surface area contributed by atoms with Crippen molar-refractivity contribution in [3.8, 4) is 0 Å². The number of nitrogens with one attached hydrogen (secondary N) is 3. The standard InChI is InChI=1S/C17H23ClFN5OS/c1-4-11(2)15(22-12-6-7-14(19)13(18)10-12)16-17(24-25-23-16)20-8-5-9-21-26-3/h6-7,10,21-22H,4-5,8-9H2,1-3H3,(H,20,24)/b15-11+. The molecule has 0 saturated heterocycles. The SMILES string of the molecule is CC/C(C)=C(/Nc1ccc(F)c(Cl)c1)c1nonc1NCCCNSC. The van der Waals surface area contributed by atoms with Crippen molar-refractivity contribution in [2.75, 3.05) is 30.0 Å². The fourth-order valence-corrected chi connectivity index (χ4v) is 2.73. The first kappa shape index (κ1) is 20.5. The Balaban J connectivity index is 2.18. The Morgan fingerprint density at radius 3 is 2.81 bits per heavy atom. The summed E-state index contributed by atoms with van der Waals surface area (Å²) in [6.45, 7) is 5.66. The van der Waals surface area contributed by atoms with Crippen LogP contribution in [0, 0.1) is 5.82 Å². The van der Waals surface area contributed by atoms with Crippen LogP contribution in [-0.2, 0) is 0 Å². The number of aromatic nitrogens is 2. The van der Waals surface area contributed by atoms with E-state index in [0.29, 0.717) is 17.2 Å². The van der Waals surface area contributed by atoms with E-state index in [2.05, 4.69) is 25.7 Å². The van der Waals surface area contributed by atoms with E-state index in [1.165, 1.54) is 12.1 Å². The minimum Gasteiger partial charge on any atom is -0.365 e. The first-order valence-electron chi connectivity index (χ1n) is 8.31. The molecular weight excluding hydrogens is 377 g/mol. The second kappa shape index (κ2) is 10.4. The highest BCUT2D eigenvalue weighted by molar-refractivity contribution is 7.96. The second-order valence-electron chi connectivity index (χ2n) is 5.60. The average Bonchev–Trinajstić information content (AvgIpc) is 3.10. The lowest BCUT2D eigenvalue weighted by Gasteiger charge is -2.14. The van der Waals surface area contributed by atoms with Gasteiger partial charge in [0, 0.05) is 18.8 Å². The third-order valence-electron chi connectivity index (χ3n) is 3.76. The van der Waals surface area contributed by atoms with E-state index in [1.807, 2.05) is 20.1 Å². The van der Waals surface area contributed by atoms with Crippen LogP contribution >= 0.6 is 23.5 Å². The summed E-state index contributed by atoms with van der Waals surface area (Å²) in [5, 5.41) is 14.6. The lowest BCUT2D eigenvalue weighted by molar-refractivity contribution is 0.307. The van der Waals surface area contributed by atoms with Gasteiger partial charge in [-0.2, -0.15) is 0 Å². The van der Waals surface area contributed by atoms with E-state index in [4.69, 9.17) is 16.2 Å². The maximum absolute atomic E-state index is 13.4. The number of benzene rings is 1. The number of anilines is 2. The molecule has 1 heterocycles. The number of rotatable bonds is 10. The zero-order chi connectivity index (χ0) is 18.9. The lowest BCUT2D eigenvalue weighted by atomic mass is 10.1. The third kappa shape index (κ3) is 5.62. The van der Waals surface area contributed by atoms with E-state index >= 15 is 0 Å². The molecule has 0 fully saturated rings. The molecule has 2 aromatic rings. The molecule has 26 heavy (non-hydrogen) atoms. The zero-order valence-electron chi connectivity index (χ0n) is 15.0. The number of nitrogens with zero attached hydrogens (tertiary/aromatic N) is 2. The van der Waals surface area contributed by atoms with Crippen LogP contribution in [0.1, 0.15) is 32.4 Å². The molecule has 142 valence electrons. The van der Waals surface area contributed by atoms with Crippen molar-refractivity contribution in [2.45, 2.75) is 26.7 Å². The molecule has 0 amide bonds. The molecular formula is C17H23ClFN5OS. The summed E-state index contributed by atoms with van der Waals surface area (Å²) in [5.74, 6) is 0.108. The van der Waals surface area contributed by atoms with Gasteiger partial charge in [0.15, 0.2) is 5.69 Å². The number of hydrogen-bond donors (Lipinski definition) is 3. The Bertz CT molecular complexity index is 753. The minimum atomic E-state index is -0.459. The van der Waals surface area contributed by atoms with Crippen molar-refractivity contribution in [2.24, 2.45) is 0 Å². The highest BCUT2D eigenvalue weighted by Gasteiger charge is 2.17. The van der Waals surface area contributed by atoms with E-state index in [-0.39, 0.29) is 5.02 Å². The maximum atomic E-state index is 13.4. The van der Waals surface area contributed by atoms with Gasteiger partial charge in [0.1, 0.15) is 5.82 Å². The van der Waals surface area contributed by atoms with E-state index in [9.17, 15) is 4.39 Å². The van der Waals surface area contributed by atoms with Crippen LogP contribution in [0.15, 0.2) is 28.4 Å². The van der Waals surface area contributed by atoms with Crippen molar-refractivity contribution in [3.05, 3.63) is 40.3 Å². The largest absolute Gasteiger partial charge is 0.365 e. The fraction of sp³-hybridized carbons (Fsp3) is 0.412. The highest BCUT2D eigenvalue weighted by Crippen LogP contribution is 2.28. The average molecular weight is 400 g/mol. The maximum Gasteiger partial charge on any atom is 0.200 e. The molecule has 9 heteroatoms. The molecule has 0 aliphatic carbocycles. The van der Waals surface area contributed by atoms with Gasteiger partial charge in [0.25, 0.3) is 0 Å². The predicted octanol–water partition coefficient (Wildman–Crippen LogP) is 4.78. The molecule has 0 radical (unpaired) electrons. The second-order valence-corrected chi connectivity index (χ2v) is 6.71. The minimum absolute atomic E-state index is 0.0569. The van der Waals surface area contributed by atoms with Gasteiger partial charge in [-0.3, -0.25) is 4.72 Å². The van der Waals surface area contributed by atoms with Crippen molar-refractivity contribution < 1.29 is 9.02 Å². The Kier molecular flexibility index (Phi) is 8.21. The Morgan fingerprint density at radius 2 is 2.12 bits per heavy atom. The molecule has 0 bridgehead atoms. The van der Waals surface area contributed by atoms with E-state index in [1.54, 1.807) is 18.0 Å². The Hall–Kier alpha value is -1.77. The van der Waals surface area contributed by atoms with Crippen molar-refractivity contribution in [1.29, 1.82) is 0 Å². The van der Waals surface area contributed by atoms with Gasteiger partial charge < -0.3 is 10.6 Å². The zero-order valence-corrected chi connectivity index (χ0v) is 16.6. The van der Waals surface area contributed by atoms with Crippen LogP contribution in [0.25, 0.3) is 5.70 Å². The molecule has 3 N–H and O–H groups in total. The smallest absolute Gasteiger partial charge is 0.200 e. The Labute approximate surface area is 162 Å². The van der Waals surface area contributed by atoms with Crippen molar-refractivity contribution >= 4 is 40.8 Å². The molecule has 1 aromatic heterocycles. The van der Waals surface area contributed by atoms with Gasteiger partial charge in [0.05, 0.1) is 10.7 Å². The van der Waals surface area contributed by atoms with Crippen LogP contribution in [0.5, 0.6) is 0 Å². The molecule has 0 saturated carbocycles. The van der Waals surface area contributed by atoms with Crippen LogP contribution in [0.3, 0.4) is 0 Å². The number of halogens is 2. The Morgan fingerprint density at radius 1 is 1.31 bits per heavy atom. The third-order valence-corrected chi connectivity index (χ3v) is 4.55. The summed E-state index contributed by atoms with van der Waals surface area (Å²) in [5.41, 5.74) is 3.08. The van der Waals surface area contributed by atoms with Gasteiger partial charge >= 0.3 is 0 Å². The van der Waals surface area contributed by atoms with Crippen LogP contribution < -0.4 is 15.4 Å². The summed E-state index contributed by atoms with van der Waals surface area (Å²) in [4.78, 5) is 0. The van der Waals surface area contributed by atoms with Gasteiger partial charge in [-0.15, -0.1) is 0 Å². The fourth-order valence-electron chi connectivity index (χ4n) is 2.20. The van der Waals surface area contributed by atoms with E-state index in [0.717, 1.165) is 37.2 Å². The normalized spacial score (nSPS) is 12.0. The summed E-state index contributed by atoms with van der Waals surface area (Å²) >= 11 is 7.47. The van der Waals surface area contributed by atoms with Crippen molar-refractivity contribution in [3.63, 3.8) is 0 Å². The first-order chi connectivity index (χ1) is 12.6. The van der Waals surface area contributed by atoms with Crippen LogP contribution in [0.2, 0.25) is 5.02 Å². The molecule has 0 spiro atoms. The quantitative estimate of drug-likeness (QED) is 0.392. The van der Waals surface area contributed by atoms with E-state index < -0.39 is 5.82 Å². The highest BCUT2D eigenvalue weighted by atomic mass is 35.5. The first-order valence-corrected chi connectivity index (χ1v) is 9.91. The monoisotopic (exact) mass is 399 g/mol. The number of hydrogen-bond acceptors (Lipinski definition) is 7. The van der Waals surface area contributed by atoms with Crippen molar-refractivity contribution in [1.82, 2.24) is 15.0 Å². The topological polar surface area (TPSA) is 75.0 Å². The van der Waals surface area contributed by atoms with Crippen LogP contribution in [0.4, 0.5) is 15.9 Å². The molecule has 0 atom stereocenters. The lowest BCUT2D eigenvalue weighted by Crippen LogP contribution is -2.13.